The molecule has 2 heterocycles. The van der Waals surface area contributed by atoms with Crippen LogP contribution in [0.2, 0.25) is 0 Å². The molecule has 1 aliphatic rings. The molecule has 0 saturated carbocycles. The lowest BCUT2D eigenvalue weighted by Crippen LogP contribution is -2.50. The van der Waals surface area contributed by atoms with Gasteiger partial charge >= 0.3 is 11.9 Å². The lowest BCUT2D eigenvalue weighted by Gasteiger charge is -2.31. The maximum Gasteiger partial charge on any atom is 0.333 e. The molecule has 9 nitrogen and oxygen atoms in total. The third-order valence-corrected chi connectivity index (χ3v) is 4.09. The van der Waals surface area contributed by atoms with Crippen molar-refractivity contribution in [3.8, 4) is 23.2 Å². The zero-order chi connectivity index (χ0) is 18.9. The normalized spacial score (nSPS) is 14.7. The molecule has 0 unspecified atom stereocenters. The Morgan fingerprint density at radius 1 is 1.23 bits per heavy atom. The Kier molecular flexibility index (Phi) is 4.10. The van der Waals surface area contributed by atoms with Crippen molar-refractivity contribution < 1.29 is 23.8 Å². The van der Waals surface area contributed by atoms with Gasteiger partial charge in [-0.2, -0.15) is 5.26 Å². The van der Waals surface area contributed by atoms with Gasteiger partial charge in [0.25, 0.3) is 0 Å². The second-order valence-corrected chi connectivity index (χ2v) is 5.33. The lowest BCUT2D eigenvalue weighted by molar-refractivity contribution is -0.159. The van der Waals surface area contributed by atoms with Crippen molar-refractivity contribution in [1.82, 2.24) is 10.2 Å². The number of H-pyrrole nitrogens is 1. The van der Waals surface area contributed by atoms with Gasteiger partial charge in [-0.15, -0.1) is 5.10 Å². The monoisotopic (exact) mass is 354 g/mol. The summed E-state index contributed by atoms with van der Waals surface area (Å²) in [6, 6.07) is 10.6. The van der Waals surface area contributed by atoms with Crippen molar-refractivity contribution in [2.24, 2.45) is 5.73 Å². The van der Waals surface area contributed by atoms with E-state index in [0.29, 0.717) is 11.3 Å². The lowest BCUT2D eigenvalue weighted by atomic mass is 9.72. The van der Waals surface area contributed by atoms with Gasteiger partial charge in [-0.25, -0.2) is 0 Å². The predicted molar refractivity (Wildman–Crippen MR) is 87.2 cm³/mol. The number of methoxy groups -OCH3 is 2. The first kappa shape index (κ1) is 17.0. The molecule has 1 aromatic carbocycles. The second-order valence-electron chi connectivity index (χ2n) is 5.33. The molecule has 9 heteroatoms. The highest BCUT2D eigenvalue weighted by molar-refractivity contribution is 6.13. The molecule has 0 fully saturated rings. The summed E-state index contributed by atoms with van der Waals surface area (Å²) in [4.78, 5) is 25.6. The molecule has 1 aliphatic heterocycles. The first-order valence-corrected chi connectivity index (χ1v) is 7.41. The molecule has 0 amide bonds. The summed E-state index contributed by atoms with van der Waals surface area (Å²) in [5.74, 6) is -2.61. The summed E-state index contributed by atoms with van der Waals surface area (Å²) in [5, 5.41) is 16.3. The van der Waals surface area contributed by atoms with Crippen LogP contribution in [0.25, 0.3) is 11.3 Å². The van der Waals surface area contributed by atoms with E-state index in [4.69, 9.17) is 19.9 Å². The van der Waals surface area contributed by atoms with E-state index in [1.54, 1.807) is 36.4 Å². The minimum Gasteiger partial charge on any atom is -0.468 e. The average Bonchev–Trinajstić information content (AvgIpc) is 3.09. The second kappa shape index (κ2) is 6.25. The van der Waals surface area contributed by atoms with Crippen molar-refractivity contribution in [1.29, 1.82) is 5.26 Å². The molecule has 132 valence electrons. The Labute approximate surface area is 148 Å². The highest BCUT2D eigenvalue weighted by Gasteiger charge is 2.61. The summed E-state index contributed by atoms with van der Waals surface area (Å²) in [5.41, 5.74) is 4.01. The number of aromatic amines is 1. The van der Waals surface area contributed by atoms with Crippen LogP contribution in [0.15, 0.2) is 41.8 Å². The van der Waals surface area contributed by atoms with Gasteiger partial charge in [-0.3, -0.25) is 14.7 Å². The zero-order valence-electron chi connectivity index (χ0n) is 13.9. The number of nitrogens with one attached hydrogen (secondary N) is 1. The summed E-state index contributed by atoms with van der Waals surface area (Å²) in [7, 11) is 2.19. The number of benzene rings is 1. The molecule has 2 aromatic rings. The van der Waals surface area contributed by atoms with Crippen molar-refractivity contribution in [3.05, 3.63) is 47.4 Å². The topological polar surface area (TPSA) is 140 Å². The van der Waals surface area contributed by atoms with E-state index in [-0.39, 0.29) is 11.4 Å². The predicted octanol–water partition coefficient (Wildman–Crippen LogP) is 0.747. The van der Waals surface area contributed by atoms with E-state index in [1.165, 1.54) is 0 Å². The van der Waals surface area contributed by atoms with Gasteiger partial charge in [0.2, 0.25) is 17.2 Å². The fourth-order valence-electron chi connectivity index (χ4n) is 2.96. The van der Waals surface area contributed by atoms with Gasteiger partial charge in [-0.05, 0) is 0 Å². The van der Waals surface area contributed by atoms with Crippen LogP contribution in [0.4, 0.5) is 0 Å². The summed E-state index contributed by atoms with van der Waals surface area (Å²) < 4.78 is 15.0. The van der Waals surface area contributed by atoms with E-state index in [0.717, 1.165) is 14.2 Å². The Bertz CT molecular complexity index is 939. The van der Waals surface area contributed by atoms with Crippen LogP contribution in [-0.4, -0.2) is 36.4 Å². The number of nitrogens with two attached hydrogens (primary N) is 1. The highest BCUT2D eigenvalue weighted by atomic mass is 16.5. The fourth-order valence-corrected chi connectivity index (χ4v) is 2.96. The third kappa shape index (κ3) is 2.12. The number of aromatic nitrogens is 2. The van der Waals surface area contributed by atoms with Crippen LogP contribution >= 0.6 is 0 Å². The van der Waals surface area contributed by atoms with E-state index < -0.39 is 28.8 Å². The summed E-state index contributed by atoms with van der Waals surface area (Å²) in [6.07, 6.45) is 0. The number of carbonyl (C=O) groups is 2. The smallest absolute Gasteiger partial charge is 0.333 e. The van der Waals surface area contributed by atoms with Crippen LogP contribution in [0.5, 0.6) is 5.88 Å². The minimum atomic E-state index is -2.26. The molecule has 3 rings (SSSR count). The van der Waals surface area contributed by atoms with Gasteiger partial charge < -0.3 is 19.9 Å². The SMILES string of the molecule is COC(=O)C1(C(=O)OC)C(C#N)=C(N)Oc2n[nH]c(-c3ccccc3)c21. The Morgan fingerprint density at radius 2 is 1.85 bits per heavy atom. The number of esters is 2. The van der Waals surface area contributed by atoms with Crippen molar-refractivity contribution in [3.63, 3.8) is 0 Å². The molecule has 0 spiro atoms. The quantitative estimate of drug-likeness (QED) is 0.607. The van der Waals surface area contributed by atoms with E-state index in [1.807, 2.05) is 0 Å². The molecular weight excluding hydrogens is 340 g/mol. The molecule has 0 saturated heterocycles. The number of rotatable bonds is 3. The van der Waals surface area contributed by atoms with Crippen molar-refractivity contribution >= 4 is 11.9 Å². The largest absolute Gasteiger partial charge is 0.468 e. The summed E-state index contributed by atoms with van der Waals surface area (Å²) in [6.45, 7) is 0. The molecular formula is C17H14N4O5. The minimum absolute atomic E-state index is 0.00755. The number of ether oxygens (including phenoxy) is 3. The first-order chi connectivity index (χ1) is 12.5. The number of hydrogen-bond acceptors (Lipinski definition) is 8. The first-order valence-electron chi connectivity index (χ1n) is 7.41. The van der Waals surface area contributed by atoms with E-state index >= 15 is 0 Å². The van der Waals surface area contributed by atoms with Crippen LogP contribution < -0.4 is 10.5 Å². The Hall–Kier alpha value is -3.80. The van der Waals surface area contributed by atoms with E-state index in [9.17, 15) is 14.9 Å². The molecule has 1 aromatic heterocycles. The van der Waals surface area contributed by atoms with Crippen molar-refractivity contribution in [2.45, 2.75) is 5.41 Å². The van der Waals surface area contributed by atoms with E-state index in [2.05, 4.69) is 10.2 Å². The number of fused-ring (bicyclic) bond motifs is 1. The highest BCUT2D eigenvalue weighted by Crippen LogP contribution is 2.48. The van der Waals surface area contributed by atoms with Crippen LogP contribution in [-0.2, 0) is 24.5 Å². The van der Waals surface area contributed by atoms with Gasteiger partial charge in [0.15, 0.2) is 0 Å². The van der Waals surface area contributed by atoms with Crippen molar-refractivity contribution in [2.75, 3.05) is 14.2 Å². The van der Waals surface area contributed by atoms with Crippen LogP contribution in [0.1, 0.15) is 5.56 Å². The molecule has 26 heavy (non-hydrogen) atoms. The van der Waals surface area contributed by atoms with Gasteiger partial charge in [0.05, 0.1) is 25.5 Å². The zero-order valence-corrected chi connectivity index (χ0v) is 13.9. The van der Waals surface area contributed by atoms with Gasteiger partial charge in [0, 0.05) is 5.56 Å². The Morgan fingerprint density at radius 3 is 2.38 bits per heavy atom. The van der Waals surface area contributed by atoms with Gasteiger partial charge in [0.1, 0.15) is 11.6 Å². The number of carbonyl (C=O) groups excluding carboxylic acids is 2. The molecule has 0 radical (unpaired) electrons. The Balaban J connectivity index is 2.43. The third-order valence-electron chi connectivity index (χ3n) is 4.09. The van der Waals surface area contributed by atoms with Crippen LogP contribution in [0, 0.1) is 11.3 Å². The number of nitrogens with zero attached hydrogens (tertiary/aromatic N) is 2. The molecule has 0 atom stereocenters. The number of hydrogen-bond donors (Lipinski definition) is 2. The maximum atomic E-state index is 12.8. The number of nitriles is 1. The van der Waals surface area contributed by atoms with Gasteiger partial charge in [-0.1, -0.05) is 30.3 Å². The molecule has 0 bridgehead atoms. The summed E-state index contributed by atoms with van der Waals surface area (Å²) >= 11 is 0. The fraction of sp³-hybridized carbons (Fsp3) is 0.176. The maximum absolute atomic E-state index is 12.8. The molecule has 0 aliphatic carbocycles. The standard InChI is InChI=1S/C17H14N4O5/c1-24-15(22)17(16(23)25-2)10(8-18)13(19)26-14-11(17)12(20-21-14)9-6-4-3-5-7-9/h3-7H,19H2,1-2H3,(H,20,21). The molecule has 3 N–H and O–H groups in total. The van der Waals surface area contributed by atoms with Crippen LogP contribution in [0.3, 0.4) is 0 Å². The average molecular weight is 354 g/mol.